The minimum atomic E-state index is -3.27. The van der Waals surface area contributed by atoms with Gasteiger partial charge in [-0.05, 0) is 32.4 Å². The number of carbonyl (C=O) groups is 1. The summed E-state index contributed by atoms with van der Waals surface area (Å²) in [6.45, 7) is 5.95. The SMILES string of the molecule is CCCC1COC(Cn2cncn2)(c2ccc(Cl)cc2Cl)O1.CNC(=O)O/N=C/C(C)(C)S(C)(=O)=O. The van der Waals surface area contributed by atoms with E-state index in [0.717, 1.165) is 30.9 Å². The Morgan fingerprint density at radius 3 is 2.69 bits per heavy atom. The van der Waals surface area contributed by atoms with Gasteiger partial charge in [0.15, 0.2) is 9.84 Å². The van der Waals surface area contributed by atoms with Crippen molar-refractivity contribution in [2.45, 2.75) is 56.8 Å². The first-order chi connectivity index (χ1) is 16.8. The Morgan fingerprint density at radius 2 is 2.14 bits per heavy atom. The molecular formula is C22H31Cl2N5O6S. The lowest BCUT2D eigenvalue weighted by atomic mass is 10.1. The van der Waals surface area contributed by atoms with Gasteiger partial charge >= 0.3 is 6.09 Å². The number of nitrogens with zero attached hydrogens (tertiary/aromatic N) is 4. The molecule has 0 spiro atoms. The second-order valence-electron chi connectivity index (χ2n) is 8.55. The number of ether oxygens (including phenoxy) is 2. The molecule has 1 saturated heterocycles. The fourth-order valence-electron chi connectivity index (χ4n) is 3.01. The van der Waals surface area contributed by atoms with Crippen LogP contribution in [0.15, 0.2) is 36.0 Å². The lowest BCUT2D eigenvalue weighted by Crippen LogP contribution is -2.34. The average Bonchev–Trinajstić information content (AvgIpc) is 3.44. The van der Waals surface area contributed by atoms with Crippen molar-refractivity contribution in [2.75, 3.05) is 19.9 Å². The number of halogens is 2. The number of carbonyl (C=O) groups excluding carboxylic acids is 1. The predicted octanol–water partition coefficient (Wildman–Crippen LogP) is 3.80. The quantitative estimate of drug-likeness (QED) is 0.291. The van der Waals surface area contributed by atoms with Gasteiger partial charge in [-0.3, -0.25) is 4.84 Å². The van der Waals surface area contributed by atoms with Crippen molar-refractivity contribution in [3.05, 3.63) is 46.5 Å². The lowest BCUT2D eigenvalue weighted by Gasteiger charge is -2.29. The van der Waals surface area contributed by atoms with Gasteiger partial charge in [0.25, 0.3) is 0 Å². The van der Waals surface area contributed by atoms with Gasteiger partial charge in [-0.15, -0.1) is 0 Å². The minimum Gasteiger partial charge on any atom is -0.342 e. The molecule has 0 aliphatic carbocycles. The molecule has 1 N–H and O–H groups in total. The number of amides is 1. The van der Waals surface area contributed by atoms with Crippen LogP contribution in [0.4, 0.5) is 4.79 Å². The minimum absolute atomic E-state index is 0.0419. The van der Waals surface area contributed by atoms with Gasteiger partial charge < -0.3 is 14.8 Å². The molecule has 200 valence electrons. The van der Waals surface area contributed by atoms with Crippen LogP contribution in [-0.4, -0.2) is 66.3 Å². The first kappa shape index (κ1) is 30.0. The summed E-state index contributed by atoms with van der Waals surface area (Å²) in [6.07, 6.45) is 6.52. The Bertz CT molecular complexity index is 1140. The number of aromatic nitrogens is 3. The number of oxime groups is 1. The normalized spacial score (nSPS) is 20.1. The molecular weight excluding hydrogens is 533 g/mol. The number of nitrogens with one attached hydrogen (secondary N) is 1. The van der Waals surface area contributed by atoms with Crippen molar-refractivity contribution in [2.24, 2.45) is 5.16 Å². The molecule has 0 saturated carbocycles. The summed E-state index contributed by atoms with van der Waals surface area (Å²) in [5.74, 6) is -0.963. The zero-order chi connectivity index (χ0) is 27.0. The molecule has 11 nitrogen and oxygen atoms in total. The van der Waals surface area contributed by atoms with Gasteiger partial charge in [-0.25, -0.2) is 22.9 Å². The molecule has 2 atom stereocenters. The first-order valence-electron chi connectivity index (χ1n) is 11.1. The maximum absolute atomic E-state index is 11.2. The van der Waals surface area contributed by atoms with E-state index in [9.17, 15) is 13.2 Å². The standard InChI is InChI=1S/C15H17Cl2N3O2.C7H14N2O4S/c1-2-3-12-7-21-15(22-12,8-20-10-18-9-19-20)13-5-4-11(16)6-14(13)17;1-7(2,14(4,11)12)5-9-13-6(10)8-3/h4-6,9-10,12H,2-3,7-8H2,1H3;5H,1-4H3,(H,8,10)/b;9-5+. The zero-order valence-corrected chi connectivity index (χ0v) is 23.1. The molecule has 14 heteroatoms. The number of hydrogen-bond acceptors (Lipinski definition) is 9. The number of benzene rings is 1. The van der Waals surface area contributed by atoms with Crippen molar-refractivity contribution in [3.63, 3.8) is 0 Å². The lowest BCUT2D eigenvalue weighted by molar-refractivity contribution is -0.189. The van der Waals surface area contributed by atoms with Crippen molar-refractivity contribution < 1.29 is 27.5 Å². The molecule has 2 aromatic rings. The van der Waals surface area contributed by atoms with Gasteiger partial charge in [0.05, 0.1) is 23.9 Å². The molecule has 1 aliphatic rings. The number of sulfone groups is 1. The van der Waals surface area contributed by atoms with E-state index in [4.69, 9.17) is 32.7 Å². The summed E-state index contributed by atoms with van der Waals surface area (Å²) < 4.78 is 35.1. The molecule has 1 aromatic carbocycles. The van der Waals surface area contributed by atoms with Crippen LogP contribution in [0.25, 0.3) is 0 Å². The number of hydrogen-bond donors (Lipinski definition) is 1. The summed E-state index contributed by atoms with van der Waals surface area (Å²) in [4.78, 5) is 18.8. The second kappa shape index (κ2) is 12.8. The van der Waals surface area contributed by atoms with Crippen LogP contribution >= 0.6 is 23.2 Å². The van der Waals surface area contributed by atoms with E-state index >= 15 is 0 Å². The Kier molecular flexibility index (Phi) is 10.7. The smallest absolute Gasteiger partial charge is 0.342 e. The highest BCUT2D eigenvalue weighted by molar-refractivity contribution is 7.92. The van der Waals surface area contributed by atoms with Crippen molar-refractivity contribution in [3.8, 4) is 0 Å². The molecule has 2 heterocycles. The average molecular weight is 564 g/mol. The zero-order valence-electron chi connectivity index (χ0n) is 20.8. The summed E-state index contributed by atoms with van der Waals surface area (Å²) >= 11 is 12.4. The Labute approximate surface area is 221 Å². The summed E-state index contributed by atoms with van der Waals surface area (Å²) in [6, 6.07) is 5.32. The monoisotopic (exact) mass is 563 g/mol. The van der Waals surface area contributed by atoms with E-state index in [2.05, 4.69) is 32.3 Å². The van der Waals surface area contributed by atoms with E-state index in [-0.39, 0.29) is 6.10 Å². The third-order valence-corrected chi connectivity index (χ3v) is 7.87. The van der Waals surface area contributed by atoms with Crippen LogP contribution in [0.3, 0.4) is 0 Å². The van der Waals surface area contributed by atoms with Crippen LogP contribution in [0.1, 0.15) is 39.2 Å². The first-order valence-corrected chi connectivity index (χ1v) is 13.7. The van der Waals surface area contributed by atoms with Gasteiger partial charge in [-0.2, -0.15) is 5.10 Å². The molecule has 1 amide bonds. The maximum Gasteiger partial charge on any atom is 0.433 e. The highest BCUT2D eigenvalue weighted by Crippen LogP contribution is 2.41. The van der Waals surface area contributed by atoms with Crippen molar-refractivity contribution in [1.82, 2.24) is 20.1 Å². The Hall–Kier alpha value is -2.25. The molecule has 3 rings (SSSR count). The molecule has 2 unspecified atom stereocenters. The molecule has 0 bridgehead atoms. The topological polar surface area (TPSA) is 134 Å². The fraction of sp³-hybridized carbons (Fsp3) is 0.545. The third kappa shape index (κ3) is 8.13. The van der Waals surface area contributed by atoms with E-state index in [1.54, 1.807) is 23.1 Å². The van der Waals surface area contributed by atoms with Gasteiger partial charge in [-0.1, -0.05) is 47.8 Å². The van der Waals surface area contributed by atoms with Crippen LogP contribution in [0.2, 0.25) is 10.0 Å². The molecule has 0 radical (unpaired) electrons. The maximum atomic E-state index is 11.2. The fourth-order valence-corrected chi connectivity index (χ4v) is 3.79. The van der Waals surface area contributed by atoms with Gasteiger partial charge in [0.1, 0.15) is 23.9 Å². The molecule has 36 heavy (non-hydrogen) atoms. The largest absolute Gasteiger partial charge is 0.433 e. The third-order valence-electron chi connectivity index (χ3n) is 5.31. The second-order valence-corrected chi connectivity index (χ2v) is 12.0. The van der Waals surface area contributed by atoms with E-state index < -0.39 is 26.5 Å². The highest BCUT2D eigenvalue weighted by atomic mass is 35.5. The van der Waals surface area contributed by atoms with Crippen LogP contribution in [0, 0.1) is 0 Å². The summed E-state index contributed by atoms with van der Waals surface area (Å²) in [5, 5.41) is 10.7. The van der Waals surface area contributed by atoms with E-state index in [0.29, 0.717) is 23.2 Å². The predicted molar refractivity (Wildman–Crippen MR) is 137 cm³/mol. The Morgan fingerprint density at radius 1 is 1.42 bits per heavy atom. The van der Waals surface area contributed by atoms with Gasteiger partial charge in [0.2, 0.25) is 5.79 Å². The van der Waals surface area contributed by atoms with E-state index in [1.165, 1.54) is 27.2 Å². The summed E-state index contributed by atoms with van der Waals surface area (Å²) in [5.41, 5.74) is 0.757. The molecule has 1 aliphatic heterocycles. The number of rotatable bonds is 8. The molecule has 1 aromatic heterocycles. The summed E-state index contributed by atoms with van der Waals surface area (Å²) in [7, 11) is -1.89. The van der Waals surface area contributed by atoms with Crippen LogP contribution in [0.5, 0.6) is 0 Å². The van der Waals surface area contributed by atoms with Crippen molar-refractivity contribution >= 4 is 45.3 Å². The highest BCUT2D eigenvalue weighted by Gasteiger charge is 2.45. The Balaban J connectivity index is 0.000000284. The van der Waals surface area contributed by atoms with Crippen LogP contribution in [-0.2, 0) is 36.5 Å². The van der Waals surface area contributed by atoms with Gasteiger partial charge in [0, 0.05) is 23.9 Å². The van der Waals surface area contributed by atoms with E-state index in [1.807, 2.05) is 6.07 Å². The van der Waals surface area contributed by atoms with Crippen molar-refractivity contribution in [1.29, 1.82) is 0 Å². The van der Waals surface area contributed by atoms with Crippen LogP contribution < -0.4 is 5.32 Å². The molecule has 1 fully saturated rings.